The lowest BCUT2D eigenvalue weighted by Gasteiger charge is -2.33. The van der Waals surface area contributed by atoms with Crippen LogP contribution in [0, 0.1) is 0 Å². The maximum Gasteiger partial charge on any atom is 0.333 e. The maximum atomic E-state index is 12.1. The van der Waals surface area contributed by atoms with Gasteiger partial charge in [-0.25, -0.2) is 4.79 Å². The monoisotopic (exact) mass is 398 g/mol. The molecule has 0 aromatic heterocycles. The average molecular weight is 398 g/mol. The van der Waals surface area contributed by atoms with E-state index in [4.69, 9.17) is 9.47 Å². The lowest BCUT2D eigenvalue weighted by molar-refractivity contribution is -0.159. The molecule has 8 nitrogen and oxygen atoms in total. The molecule has 0 spiro atoms. The number of likely N-dealkylation sites (N-methyl/N-ethyl adjacent to an activating group) is 1. The van der Waals surface area contributed by atoms with Gasteiger partial charge in [-0.3, -0.25) is 14.4 Å². The van der Waals surface area contributed by atoms with Crippen molar-refractivity contribution in [1.29, 1.82) is 0 Å². The van der Waals surface area contributed by atoms with Crippen molar-refractivity contribution >= 4 is 34.7 Å². The summed E-state index contributed by atoms with van der Waals surface area (Å²) in [4.78, 5) is 49.9. The molecule has 1 unspecified atom stereocenters. The summed E-state index contributed by atoms with van der Waals surface area (Å²) in [6.07, 6.45) is -0.740. The van der Waals surface area contributed by atoms with Gasteiger partial charge in [0.2, 0.25) is 5.12 Å². The van der Waals surface area contributed by atoms with Gasteiger partial charge >= 0.3 is 17.8 Å². The Hall–Kier alpha value is -2.13. The Morgan fingerprint density at radius 3 is 2.41 bits per heavy atom. The third-order valence-corrected chi connectivity index (χ3v) is 4.66. The molecule has 0 aliphatic carbocycles. The maximum absolute atomic E-state index is 12.1. The Balaban J connectivity index is 2.57. The average Bonchev–Trinajstić information content (AvgIpc) is 2.61. The summed E-state index contributed by atoms with van der Waals surface area (Å²) in [5.41, 5.74) is 0.690. The van der Waals surface area contributed by atoms with Crippen molar-refractivity contribution in [3.63, 3.8) is 0 Å². The lowest BCUT2D eigenvalue weighted by atomic mass is 10.2. The molecule has 0 aromatic carbocycles. The molecule has 1 rings (SSSR count). The minimum Gasteiger partial charge on any atom is -0.455 e. The first kappa shape index (κ1) is 22.9. The van der Waals surface area contributed by atoms with Gasteiger partial charge in [0.05, 0.1) is 19.8 Å². The Kier molecular flexibility index (Phi) is 9.23. The van der Waals surface area contributed by atoms with Gasteiger partial charge in [0.25, 0.3) is 0 Å². The third-order valence-electron chi connectivity index (χ3n) is 3.68. The highest BCUT2D eigenvalue weighted by molar-refractivity contribution is 8.14. The Morgan fingerprint density at radius 1 is 1.15 bits per heavy atom. The first-order valence-electron chi connectivity index (χ1n) is 8.44. The summed E-state index contributed by atoms with van der Waals surface area (Å²) >= 11 is 1.09. The highest BCUT2D eigenvalue weighted by atomic mass is 32.2. The number of nitrogens with zero attached hydrogens (tertiary/aromatic N) is 2. The van der Waals surface area contributed by atoms with Gasteiger partial charge < -0.3 is 19.3 Å². The largest absolute Gasteiger partial charge is 0.455 e. The van der Waals surface area contributed by atoms with Gasteiger partial charge in [0.1, 0.15) is 6.10 Å². The van der Waals surface area contributed by atoms with E-state index >= 15 is 0 Å². The summed E-state index contributed by atoms with van der Waals surface area (Å²) in [5.74, 6) is -1.40. The number of ether oxygens (including phenoxy) is 2. The molecule has 0 aromatic rings. The first-order valence-corrected chi connectivity index (χ1v) is 9.43. The molecule has 1 fully saturated rings. The van der Waals surface area contributed by atoms with Crippen LogP contribution in [0.15, 0.2) is 24.3 Å². The van der Waals surface area contributed by atoms with Gasteiger partial charge in [0.15, 0.2) is 0 Å². The number of amides is 2. The zero-order chi connectivity index (χ0) is 20.6. The Labute approximate surface area is 163 Å². The quantitative estimate of drug-likeness (QED) is 0.231. The predicted molar refractivity (Wildman–Crippen MR) is 102 cm³/mol. The molecule has 0 bridgehead atoms. The van der Waals surface area contributed by atoms with Crippen LogP contribution in [0.3, 0.4) is 0 Å². The predicted octanol–water partition coefficient (Wildman–Crippen LogP) is 0.627. The molecule has 150 valence electrons. The van der Waals surface area contributed by atoms with Crippen LogP contribution < -0.4 is 0 Å². The summed E-state index contributed by atoms with van der Waals surface area (Å²) in [7, 11) is 1.56. The fourth-order valence-corrected chi connectivity index (χ4v) is 2.73. The van der Waals surface area contributed by atoms with Crippen molar-refractivity contribution in [3.8, 4) is 0 Å². The molecular weight excluding hydrogens is 372 g/mol. The number of piperazine rings is 1. The molecule has 2 amide bonds. The molecule has 1 atom stereocenters. The van der Waals surface area contributed by atoms with E-state index in [2.05, 4.69) is 13.2 Å². The second-order valence-electron chi connectivity index (χ2n) is 6.28. The second kappa shape index (κ2) is 10.9. The Bertz CT molecular complexity index is 633. The topological polar surface area (TPSA) is 93.2 Å². The number of rotatable bonds is 10. The van der Waals surface area contributed by atoms with Gasteiger partial charge in [-0.1, -0.05) is 24.9 Å². The van der Waals surface area contributed by atoms with E-state index in [1.807, 2.05) is 0 Å². The highest BCUT2D eigenvalue weighted by Gasteiger charge is 2.32. The van der Waals surface area contributed by atoms with Crippen molar-refractivity contribution in [2.24, 2.45) is 0 Å². The molecule has 1 aliphatic heterocycles. The minimum atomic E-state index is -0.740. The van der Waals surface area contributed by atoms with Crippen molar-refractivity contribution in [2.75, 3.05) is 45.6 Å². The van der Waals surface area contributed by atoms with E-state index in [1.54, 1.807) is 14.0 Å². The van der Waals surface area contributed by atoms with E-state index < -0.39 is 23.9 Å². The van der Waals surface area contributed by atoms with E-state index in [0.717, 1.165) is 11.8 Å². The van der Waals surface area contributed by atoms with Crippen LogP contribution in [0.25, 0.3) is 0 Å². The molecule has 27 heavy (non-hydrogen) atoms. The smallest absolute Gasteiger partial charge is 0.333 e. The number of thioether (sulfide) groups is 1. The summed E-state index contributed by atoms with van der Waals surface area (Å²) in [5, 5.41) is -0.106. The molecule has 1 saturated heterocycles. The Morgan fingerprint density at radius 2 is 1.81 bits per heavy atom. The SMILES string of the molecule is C=C(C)C(=O)OC(COCCSC(=O)C(=C)C)CN1CCN(C)C(=O)C1=O. The van der Waals surface area contributed by atoms with Gasteiger partial charge in [0, 0.05) is 31.5 Å². The van der Waals surface area contributed by atoms with E-state index in [0.29, 0.717) is 24.4 Å². The van der Waals surface area contributed by atoms with Crippen LogP contribution >= 0.6 is 11.8 Å². The molecule has 0 N–H and O–H groups in total. The fourth-order valence-electron chi connectivity index (χ4n) is 2.10. The first-order chi connectivity index (χ1) is 12.6. The normalized spacial score (nSPS) is 15.5. The number of hydrogen-bond acceptors (Lipinski definition) is 7. The molecule has 1 heterocycles. The van der Waals surface area contributed by atoms with Crippen molar-refractivity contribution in [2.45, 2.75) is 20.0 Å². The summed E-state index contributed by atoms with van der Waals surface area (Å²) in [6.45, 7) is 11.4. The molecular formula is C18H26N2O6S. The number of hydrogen-bond donors (Lipinski definition) is 0. The zero-order valence-electron chi connectivity index (χ0n) is 16.0. The van der Waals surface area contributed by atoms with Crippen molar-refractivity contribution < 1.29 is 28.7 Å². The van der Waals surface area contributed by atoms with Gasteiger partial charge in [-0.05, 0) is 19.4 Å². The second-order valence-corrected chi connectivity index (χ2v) is 7.34. The minimum absolute atomic E-state index is 0.0364. The van der Waals surface area contributed by atoms with Gasteiger partial charge in [-0.15, -0.1) is 0 Å². The van der Waals surface area contributed by atoms with Crippen LogP contribution in [0.2, 0.25) is 0 Å². The van der Waals surface area contributed by atoms with Crippen LogP contribution in [0.1, 0.15) is 13.8 Å². The molecule has 1 aliphatic rings. The highest BCUT2D eigenvalue weighted by Crippen LogP contribution is 2.10. The lowest BCUT2D eigenvalue weighted by Crippen LogP contribution is -2.55. The van der Waals surface area contributed by atoms with Crippen LogP contribution in [-0.2, 0) is 28.7 Å². The number of carbonyl (C=O) groups excluding carboxylic acids is 4. The van der Waals surface area contributed by atoms with Crippen LogP contribution in [-0.4, -0.2) is 84.5 Å². The third kappa shape index (κ3) is 7.56. The number of esters is 1. The summed E-state index contributed by atoms with van der Waals surface area (Å²) < 4.78 is 10.8. The van der Waals surface area contributed by atoms with Gasteiger partial charge in [-0.2, -0.15) is 0 Å². The number of carbonyl (C=O) groups is 4. The van der Waals surface area contributed by atoms with Crippen molar-refractivity contribution in [3.05, 3.63) is 24.3 Å². The molecule has 0 saturated carbocycles. The van der Waals surface area contributed by atoms with E-state index in [1.165, 1.54) is 16.7 Å². The zero-order valence-corrected chi connectivity index (χ0v) is 16.8. The van der Waals surface area contributed by atoms with Crippen LogP contribution in [0.4, 0.5) is 0 Å². The van der Waals surface area contributed by atoms with E-state index in [-0.39, 0.29) is 30.4 Å². The van der Waals surface area contributed by atoms with Crippen molar-refractivity contribution in [1.82, 2.24) is 9.80 Å². The van der Waals surface area contributed by atoms with Crippen LogP contribution in [0.5, 0.6) is 0 Å². The summed E-state index contributed by atoms with van der Waals surface area (Å²) in [6, 6.07) is 0. The molecule has 9 heteroatoms. The standard InChI is InChI=1S/C18H26N2O6S/c1-12(2)17(23)26-14(11-25-8-9-27-18(24)13(3)4)10-20-7-6-19(5)15(21)16(20)22/h14H,1,3,6-11H2,2,4-5H3. The molecule has 0 radical (unpaired) electrons. The van der Waals surface area contributed by atoms with E-state index in [9.17, 15) is 19.2 Å². The fraction of sp³-hybridized carbons (Fsp3) is 0.556.